The van der Waals surface area contributed by atoms with Crippen molar-refractivity contribution in [3.05, 3.63) is 87.1 Å². The third-order valence-electron chi connectivity index (χ3n) is 5.92. The first-order valence-corrected chi connectivity index (χ1v) is 11.7. The van der Waals surface area contributed by atoms with Crippen molar-refractivity contribution >= 4 is 5.91 Å². The maximum absolute atomic E-state index is 14.9. The van der Waals surface area contributed by atoms with Crippen LogP contribution >= 0.6 is 0 Å². The van der Waals surface area contributed by atoms with E-state index in [-0.39, 0.29) is 35.5 Å². The van der Waals surface area contributed by atoms with E-state index in [4.69, 9.17) is 4.74 Å². The molecule has 1 N–H and O–H groups in total. The average Bonchev–Trinajstić information content (AvgIpc) is 2.84. The van der Waals surface area contributed by atoms with Gasteiger partial charge in [-0.05, 0) is 44.9 Å². The summed E-state index contributed by atoms with van der Waals surface area (Å²) in [7, 11) is 0. The van der Waals surface area contributed by atoms with Gasteiger partial charge in [0.2, 0.25) is 0 Å². The van der Waals surface area contributed by atoms with Crippen LogP contribution in [0.4, 0.5) is 4.39 Å². The first-order valence-electron chi connectivity index (χ1n) is 11.7. The summed E-state index contributed by atoms with van der Waals surface area (Å²) in [5.74, 6) is -0.936. The number of aromatic nitrogens is 2. The van der Waals surface area contributed by atoms with Crippen LogP contribution in [0.5, 0.6) is 0 Å². The Balaban J connectivity index is 1.98. The fourth-order valence-electron chi connectivity index (χ4n) is 4.02. The SMILES string of the molecule is CCN(CC)C(=O)c1nn(CC(O)COCc2ccccc2)c(=O)c(C)c1-c1c(C)cccc1F. The van der Waals surface area contributed by atoms with Crippen molar-refractivity contribution in [1.82, 2.24) is 14.7 Å². The quantitative estimate of drug-likeness (QED) is 0.477. The Hall–Kier alpha value is -3.36. The highest BCUT2D eigenvalue weighted by atomic mass is 19.1. The number of aliphatic hydroxyl groups is 1. The van der Waals surface area contributed by atoms with Crippen LogP contribution in [0.2, 0.25) is 0 Å². The molecular formula is C27H32FN3O4. The molecule has 0 bridgehead atoms. The minimum atomic E-state index is -1.03. The van der Waals surface area contributed by atoms with Gasteiger partial charge in [0, 0.05) is 29.8 Å². The van der Waals surface area contributed by atoms with Crippen LogP contribution < -0.4 is 5.56 Å². The number of carbonyl (C=O) groups is 1. The van der Waals surface area contributed by atoms with Crippen molar-refractivity contribution in [2.45, 2.75) is 47.0 Å². The van der Waals surface area contributed by atoms with E-state index in [2.05, 4.69) is 5.10 Å². The monoisotopic (exact) mass is 481 g/mol. The molecule has 0 aliphatic heterocycles. The van der Waals surface area contributed by atoms with Crippen LogP contribution in [-0.4, -0.2) is 51.5 Å². The highest BCUT2D eigenvalue weighted by molar-refractivity contribution is 6.00. The Kier molecular flexibility index (Phi) is 8.89. The number of amides is 1. The molecule has 2 aromatic carbocycles. The van der Waals surface area contributed by atoms with Gasteiger partial charge in [0.15, 0.2) is 5.69 Å². The number of aliphatic hydroxyl groups excluding tert-OH is 1. The molecule has 7 nitrogen and oxygen atoms in total. The number of ether oxygens (including phenoxy) is 1. The summed E-state index contributed by atoms with van der Waals surface area (Å²) in [4.78, 5) is 28.2. The van der Waals surface area contributed by atoms with Gasteiger partial charge in [0.1, 0.15) is 5.82 Å². The van der Waals surface area contributed by atoms with Crippen molar-refractivity contribution in [3.8, 4) is 11.1 Å². The molecule has 3 rings (SSSR count). The Bertz CT molecular complexity index is 1200. The standard InChI is InChI=1S/C27H32FN3O4/c1-5-30(6-2)27(34)25-24(23-18(3)11-10-14-22(23)28)19(4)26(33)31(29-25)15-21(32)17-35-16-20-12-8-7-9-13-20/h7-14,21,32H,5-6,15-17H2,1-4H3. The first-order chi connectivity index (χ1) is 16.8. The number of rotatable bonds is 10. The van der Waals surface area contributed by atoms with Gasteiger partial charge < -0.3 is 14.7 Å². The Labute approximate surface area is 204 Å². The summed E-state index contributed by atoms with van der Waals surface area (Å²) < 4.78 is 21.6. The fourth-order valence-corrected chi connectivity index (χ4v) is 4.02. The molecule has 0 saturated heterocycles. The molecule has 1 amide bonds. The summed E-state index contributed by atoms with van der Waals surface area (Å²) in [5.41, 5.74) is 1.61. The molecule has 0 aliphatic carbocycles. The lowest BCUT2D eigenvalue weighted by molar-refractivity contribution is 0.0178. The van der Waals surface area contributed by atoms with Crippen LogP contribution in [0.1, 0.15) is 41.0 Å². The van der Waals surface area contributed by atoms with Gasteiger partial charge in [0.25, 0.3) is 11.5 Å². The summed E-state index contributed by atoms with van der Waals surface area (Å²) in [5, 5.41) is 14.9. The average molecular weight is 482 g/mol. The Morgan fingerprint density at radius 2 is 1.77 bits per heavy atom. The van der Waals surface area contributed by atoms with E-state index in [1.807, 2.05) is 44.2 Å². The van der Waals surface area contributed by atoms with Gasteiger partial charge in [-0.3, -0.25) is 9.59 Å². The van der Waals surface area contributed by atoms with Crippen molar-refractivity contribution in [2.75, 3.05) is 19.7 Å². The lowest BCUT2D eigenvalue weighted by Gasteiger charge is -2.23. The van der Waals surface area contributed by atoms with Crippen molar-refractivity contribution in [1.29, 1.82) is 0 Å². The first kappa shape index (κ1) is 26.2. The topological polar surface area (TPSA) is 84.7 Å². The number of aryl methyl sites for hydroxylation is 1. The molecule has 3 aromatic rings. The third-order valence-corrected chi connectivity index (χ3v) is 5.92. The normalized spacial score (nSPS) is 11.9. The molecule has 1 heterocycles. The molecular weight excluding hydrogens is 449 g/mol. The maximum Gasteiger partial charge on any atom is 0.274 e. The largest absolute Gasteiger partial charge is 0.389 e. The number of nitrogens with zero attached hydrogens (tertiary/aromatic N) is 3. The smallest absolute Gasteiger partial charge is 0.274 e. The van der Waals surface area contributed by atoms with E-state index < -0.39 is 23.4 Å². The van der Waals surface area contributed by atoms with E-state index in [0.717, 1.165) is 10.2 Å². The predicted octanol–water partition coefficient (Wildman–Crippen LogP) is 3.73. The maximum atomic E-state index is 14.9. The zero-order valence-corrected chi connectivity index (χ0v) is 20.6. The van der Waals surface area contributed by atoms with E-state index in [0.29, 0.717) is 25.3 Å². The van der Waals surface area contributed by atoms with E-state index in [9.17, 15) is 19.1 Å². The van der Waals surface area contributed by atoms with Gasteiger partial charge in [-0.25, -0.2) is 9.07 Å². The Morgan fingerprint density at radius 1 is 1.09 bits per heavy atom. The van der Waals surface area contributed by atoms with Crippen molar-refractivity contribution in [2.24, 2.45) is 0 Å². The van der Waals surface area contributed by atoms with Gasteiger partial charge in [-0.15, -0.1) is 0 Å². The lowest BCUT2D eigenvalue weighted by atomic mass is 9.95. The second kappa shape index (κ2) is 11.9. The summed E-state index contributed by atoms with van der Waals surface area (Å²) >= 11 is 0. The Morgan fingerprint density at radius 3 is 2.40 bits per heavy atom. The van der Waals surface area contributed by atoms with E-state index in [1.165, 1.54) is 6.07 Å². The van der Waals surface area contributed by atoms with Crippen LogP contribution in [0.3, 0.4) is 0 Å². The second-order valence-electron chi connectivity index (χ2n) is 8.40. The minimum Gasteiger partial charge on any atom is -0.389 e. The van der Waals surface area contributed by atoms with Crippen LogP contribution in [0.25, 0.3) is 11.1 Å². The predicted molar refractivity (Wildman–Crippen MR) is 133 cm³/mol. The van der Waals surface area contributed by atoms with Crippen LogP contribution in [0.15, 0.2) is 53.3 Å². The second-order valence-corrected chi connectivity index (χ2v) is 8.40. The van der Waals surface area contributed by atoms with Crippen LogP contribution in [0, 0.1) is 19.7 Å². The van der Waals surface area contributed by atoms with E-state index >= 15 is 0 Å². The minimum absolute atomic E-state index is 0.0172. The molecule has 1 aromatic heterocycles. The van der Waals surface area contributed by atoms with Gasteiger partial charge in [0.05, 0.1) is 25.9 Å². The molecule has 0 radical (unpaired) electrons. The molecule has 0 saturated carbocycles. The summed E-state index contributed by atoms with van der Waals surface area (Å²) in [6.07, 6.45) is -1.03. The zero-order valence-electron chi connectivity index (χ0n) is 20.6. The van der Waals surface area contributed by atoms with Gasteiger partial charge in [-0.2, -0.15) is 5.10 Å². The van der Waals surface area contributed by atoms with Gasteiger partial charge in [-0.1, -0.05) is 42.5 Å². The van der Waals surface area contributed by atoms with Crippen molar-refractivity contribution in [3.63, 3.8) is 0 Å². The molecule has 0 spiro atoms. The molecule has 35 heavy (non-hydrogen) atoms. The molecule has 0 fully saturated rings. The fraction of sp³-hybridized carbons (Fsp3) is 0.370. The molecule has 186 valence electrons. The van der Waals surface area contributed by atoms with Crippen molar-refractivity contribution < 1.29 is 19.0 Å². The highest BCUT2D eigenvalue weighted by Gasteiger charge is 2.27. The number of hydrogen-bond donors (Lipinski definition) is 1. The molecule has 8 heteroatoms. The molecule has 1 atom stereocenters. The number of carbonyl (C=O) groups excluding carboxylic acids is 1. The number of hydrogen-bond acceptors (Lipinski definition) is 5. The molecule has 0 aliphatic rings. The summed E-state index contributed by atoms with van der Waals surface area (Å²) in [6, 6.07) is 14.1. The van der Waals surface area contributed by atoms with E-state index in [1.54, 1.807) is 30.9 Å². The third kappa shape index (κ3) is 6.01. The van der Waals surface area contributed by atoms with Gasteiger partial charge >= 0.3 is 0 Å². The van der Waals surface area contributed by atoms with Crippen LogP contribution in [-0.2, 0) is 17.9 Å². The summed E-state index contributed by atoms with van der Waals surface area (Å²) in [6.45, 7) is 7.96. The number of benzene rings is 2. The number of halogens is 1. The molecule has 1 unspecified atom stereocenters. The lowest BCUT2D eigenvalue weighted by Crippen LogP contribution is -2.38. The zero-order chi connectivity index (χ0) is 25.5. The highest BCUT2D eigenvalue weighted by Crippen LogP contribution is 2.31.